The lowest BCUT2D eigenvalue weighted by atomic mass is 10.0. The molecule has 0 aliphatic carbocycles. The number of hydrogen-bond acceptors (Lipinski definition) is 5. The molecule has 222 valence electrons. The van der Waals surface area contributed by atoms with E-state index in [1.807, 2.05) is 90.2 Å². The zero-order valence-electron chi connectivity index (χ0n) is 25.8. The number of amides is 1. The van der Waals surface area contributed by atoms with E-state index in [9.17, 15) is 8.68 Å². The van der Waals surface area contributed by atoms with E-state index < -0.39 is 0 Å². The molecular formula is C33H46FN5OS. The van der Waals surface area contributed by atoms with Crippen LogP contribution in [0.15, 0.2) is 78.9 Å². The Hall–Kier alpha value is -3.78. The van der Waals surface area contributed by atoms with E-state index in [-0.39, 0.29) is 18.1 Å². The number of halogens is 1. The molecule has 0 bridgehead atoms. The highest BCUT2D eigenvalue weighted by Crippen LogP contribution is 2.26. The van der Waals surface area contributed by atoms with Crippen LogP contribution in [0.2, 0.25) is 0 Å². The zero-order chi connectivity index (χ0) is 30.9. The molecule has 3 rings (SSSR count). The van der Waals surface area contributed by atoms with E-state index in [2.05, 4.69) is 46.8 Å². The first kappa shape index (κ1) is 35.2. The topological polar surface area (TPSA) is 62.2 Å². The van der Waals surface area contributed by atoms with Crippen molar-refractivity contribution in [3.05, 3.63) is 96.3 Å². The molecular weight excluding hydrogens is 533 g/mol. The van der Waals surface area contributed by atoms with Crippen LogP contribution in [0.1, 0.15) is 63.4 Å². The third kappa shape index (κ3) is 10.6. The summed E-state index contributed by atoms with van der Waals surface area (Å²) in [5.41, 5.74) is 6.38. The Labute approximate surface area is 250 Å². The quantitative estimate of drug-likeness (QED) is 0.166. The number of nitrogens with one attached hydrogen (secondary N) is 2. The lowest BCUT2D eigenvalue weighted by Gasteiger charge is -2.23. The van der Waals surface area contributed by atoms with Crippen molar-refractivity contribution in [1.29, 1.82) is 0 Å². The van der Waals surface area contributed by atoms with Crippen molar-refractivity contribution in [2.45, 2.75) is 59.8 Å². The number of hydrogen-bond donors (Lipinski definition) is 2. The standard InChI is InChI=1S/C29H34FN5OS.2C2H6/c1-20-10-7-8-11-27(20)21(2)18-29(35-23(4)28(37-30)19-32-35)31-16-9-17-34(6)22(3)25-12-14-26(15-13-25)33-24(5)36;2*1-2/h7-8,10-15,18-19,31H,2-3,9,16-17H2,1,4-6H3,(H,33,36);2*1-2H3/b29-18-;;. The molecule has 2 aromatic carbocycles. The molecule has 0 radical (unpaired) electrons. The molecule has 0 aliphatic heterocycles. The summed E-state index contributed by atoms with van der Waals surface area (Å²) in [6.07, 6.45) is 4.31. The summed E-state index contributed by atoms with van der Waals surface area (Å²) in [5, 5.41) is 10.6. The van der Waals surface area contributed by atoms with Gasteiger partial charge in [0.25, 0.3) is 0 Å². The first-order valence-corrected chi connectivity index (χ1v) is 14.7. The minimum absolute atomic E-state index is 0.0999. The number of aryl methyl sites for hydroxylation is 1. The van der Waals surface area contributed by atoms with E-state index in [1.165, 1.54) is 13.1 Å². The van der Waals surface area contributed by atoms with Gasteiger partial charge in [0, 0.05) is 38.4 Å². The molecule has 6 nitrogen and oxygen atoms in total. The van der Waals surface area contributed by atoms with Gasteiger partial charge in [0.15, 0.2) is 0 Å². The van der Waals surface area contributed by atoms with Gasteiger partial charge in [0.1, 0.15) is 5.82 Å². The highest BCUT2D eigenvalue weighted by atomic mass is 32.2. The summed E-state index contributed by atoms with van der Waals surface area (Å²) in [5.74, 6) is 0.637. The average Bonchev–Trinajstić information content (AvgIpc) is 3.36. The van der Waals surface area contributed by atoms with Gasteiger partial charge in [-0.25, -0.2) is 4.68 Å². The molecule has 0 unspecified atom stereocenters. The number of nitrogens with zero attached hydrogens (tertiary/aromatic N) is 3. The number of allylic oxidation sites excluding steroid dienone is 2. The summed E-state index contributed by atoms with van der Waals surface area (Å²) in [6, 6.07) is 15.7. The average molecular weight is 580 g/mol. The van der Waals surface area contributed by atoms with Crippen molar-refractivity contribution >= 4 is 40.8 Å². The number of rotatable bonds is 12. The number of aromatic nitrogens is 2. The van der Waals surface area contributed by atoms with E-state index in [4.69, 9.17) is 0 Å². The molecule has 0 fully saturated rings. The maximum atomic E-state index is 13.3. The van der Waals surface area contributed by atoms with Gasteiger partial charge >= 0.3 is 0 Å². The second kappa shape index (κ2) is 18.5. The van der Waals surface area contributed by atoms with Gasteiger partial charge in [0.05, 0.1) is 28.9 Å². The summed E-state index contributed by atoms with van der Waals surface area (Å²) in [6.45, 7) is 23.3. The van der Waals surface area contributed by atoms with Crippen LogP contribution in [0.3, 0.4) is 0 Å². The molecule has 41 heavy (non-hydrogen) atoms. The van der Waals surface area contributed by atoms with Gasteiger partial charge < -0.3 is 15.5 Å². The SMILES string of the molecule is C=C(/C=C(/NCCCN(C)C(=C)c1ccc(NC(C)=O)cc1)n1ncc(SF)c1C)c1ccccc1C.CC.CC. The highest BCUT2D eigenvalue weighted by Gasteiger charge is 2.13. The second-order valence-corrected chi connectivity index (χ2v) is 9.45. The van der Waals surface area contributed by atoms with Crippen LogP contribution in [0, 0.1) is 13.8 Å². The highest BCUT2D eigenvalue weighted by molar-refractivity contribution is 7.94. The van der Waals surface area contributed by atoms with Crippen molar-refractivity contribution in [2.24, 2.45) is 0 Å². The Kier molecular flexibility index (Phi) is 15.9. The van der Waals surface area contributed by atoms with Crippen LogP contribution in [0.5, 0.6) is 0 Å². The van der Waals surface area contributed by atoms with Crippen molar-refractivity contribution in [3.8, 4) is 0 Å². The van der Waals surface area contributed by atoms with Gasteiger partial charge in [-0.05, 0) is 60.7 Å². The maximum Gasteiger partial charge on any atom is 0.221 e. The Morgan fingerprint density at radius 1 is 1.07 bits per heavy atom. The lowest BCUT2D eigenvalue weighted by Crippen LogP contribution is -2.25. The first-order valence-electron chi connectivity index (χ1n) is 14.0. The van der Waals surface area contributed by atoms with Gasteiger partial charge in [-0.2, -0.15) is 8.98 Å². The molecule has 0 saturated heterocycles. The van der Waals surface area contributed by atoms with Crippen molar-refractivity contribution in [1.82, 2.24) is 20.0 Å². The summed E-state index contributed by atoms with van der Waals surface area (Å²) < 4.78 is 15.0. The monoisotopic (exact) mass is 579 g/mol. The van der Waals surface area contributed by atoms with E-state index >= 15 is 0 Å². The van der Waals surface area contributed by atoms with E-state index in [1.54, 1.807) is 4.68 Å². The van der Waals surface area contributed by atoms with Crippen LogP contribution in [0.25, 0.3) is 17.1 Å². The van der Waals surface area contributed by atoms with Gasteiger partial charge in [-0.3, -0.25) is 4.79 Å². The Morgan fingerprint density at radius 3 is 2.27 bits per heavy atom. The number of carbonyl (C=O) groups excluding carboxylic acids is 1. The summed E-state index contributed by atoms with van der Waals surface area (Å²) in [7, 11) is 2.00. The predicted octanol–water partition coefficient (Wildman–Crippen LogP) is 8.58. The van der Waals surface area contributed by atoms with Gasteiger partial charge in [-0.1, -0.05) is 77.3 Å². The van der Waals surface area contributed by atoms with Gasteiger partial charge in [-0.15, -0.1) is 0 Å². The van der Waals surface area contributed by atoms with Crippen molar-refractivity contribution in [2.75, 3.05) is 25.5 Å². The molecule has 0 saturated carbocycles. The maximum absolute atomic E-state index is 13.3. The van der Waals surface area contributed by atoms with Crippen LogP contribution in [-0.2, 0) is 4.79 Å². The first-order chi connectivity index (χ1) is 19.7. The van der Waals surface area contributed by atoms with Crippen LogP contribution >= 0.6 is 12.1 Å². The fraction of sp³-hybridized carbons (Fsp3) is 0.333. The Bertz CT molecular complexity index is 1300. The summed E-state index contributed by atoms with van der Waals surface area (Å²) in [4.78, 5) is 13.8. The second-order valence-electron chi connectivity index (χ2n) is 8.86. The van der Waals surface area contributed by atoms with Crippen LogP contribution < -0.4 is 10.6 Å². The molecule has 0 spiro atoms. The minimum atomic E-state index is -0.0999. The zero-order valence-corrected chi connectivity index (χ0v) is 26.7. The van der Waals surface area contributed by atoms with Crippen LogP contribution in [-0.4, -0.2) is 40.7 Å². The van der Waals surface area contributed by atoms with Crippen molar-refractivity contribution in [3.63, 3.8) is 0 Å². The Balaban J connectivity index is 0.00000201. The third-order valence-electron chi connectivity index (χ3n) is 6.05. The fourth-order valence-electron chi connectivity index (χ4n) is 3.91. The smallest absolute Gasteiger partial charge is 0.221 e. The number of anilines is 1. The molecule has 0 atom stereocenters. The number of carbonyl (C=O) groups is 1. The Morgan fingerprint density at radius 2 is 1.71 bits per heavy atom. The normalized spacial score (nSPS) is 10.4. The molecule has 1 aromatic heterocycles. The van der Waals surface area contributed by atoms with Gasteiger partial charge in [0.2, 0.25) is 5.91 Å². The third-order valence-corrected chi connectivity index (χ3v) is 6.62. The number of benzene rings is 2. The van der Waals surface area contributed by atoms with Crippen molar-refractivity contribution < 1.29 is 8.68 Å². The minimum Gasteiger partial charge on any atom is -0.375 e. The predicted molar refractivity (Wildman–Crippen MR) is 176 cm³/mol. The largest absolute Gasteiger partial charge is 0.375 e. The molecule has 1 amide bonds. The molecule has 1 heterocycles. The van der Waals surface area contributed by atoms with Crippen LogP contribution in [0.4, 0.5) is 9.57 Å². The molecule has 3 aromatic rings. The summed E-state index contributed by atoms with van der Waals surface area (Å²) >= 11 is 0.191. The van der Waals surface area contributed by atoms with E-state index in [0.29, 0.717) is 11.4 Å². The molecule has 0 aliphatic rings. The molecule has 2 N–H and O–H groups in total. The fourth-order valence-corrected chi connectivity index (χ4v) is 4.20. The molecule has 8 heteroatoms. The lowest BCUT2D eigenvalue weighted by molar-refractivity contribution is -0.114. The van der Waals surface area contributed by atoms with E-state index in [0.717, 1.165) is 58.1 Å².